The molecule has 0 unspecified atom stereocenters. The number of amides is 1. The van der Waals surface area contributed by atoms with E-state index < -0.39 is 23.3 Å². The molecule has 1 aromatic carbocycles. The zero-order valence-corrected chi connectivity index (χ0v) is 23.8. The normalized spacial score (nSPS) is 11.8. The zero-order valence-electron chi connectivity index (χ0n) is 23.8. The number of ether oxygens (including phenoxy) is 1. The molecular formula is C30H28F3N7O3. The van der Waals surface area contributed by atoms with Gasteiger partial charge in [-0.05, 0) is 56.5 Å². The van der Waals surface area contributed by atoms with Gasteiger partial charge in [-0.3, -0.25) is 13.9 Å². The maximum Gasteiger partial charge on any atom is 0.401 e. The molecule has 4 heterocycles. The average Bonchev–Trinajstić information content (AvgIpc) is 3.72. The van der Waals surface area contributed by atoms with Gasteiger partial charge in [0.25, 0.3) is 5.91 Å². The monoisotopic (exact) mass is 591 g/mol. The number of alkyl halides is 3. The summed E-state index contributed by atoms with van der Waals surface area (Å²) in [6.07, 6.45) is 2.56. The van der Waals surface area contributed by atoms with Gasteiger partial charge in [0.05, 0.1) is 36.9 Å². The van der Waals surface area contributed by atoms with Gasteiger partial charge < -0.3 is 19.9 Å². The van der Waals surface area contributed by atoms with Gasteiger partial charge in [0.15, 0.2) is 17.2 Å². The minimum Gasteiger partial charge on any atom is -0.383 e. The van der Waals surface area contributed by atoms with Crippen molar-refractivity contribution in [1.29, 1.82) is 0 Å². The van der Waals surface area contributed by atoms with Crippen molar-refractivity contribution in [1.82, 2.24) is 24.3 Å². The van der Waals surface area contributed by atoms with E-state index in [2.05, 4.69) is 37.7 Å². The van der Waals surface area contributed by atoms with Crippen molar-refractivity contribution in [3.63, 3.8) is 0 Å². The first kappa shape index (κ1) is 29.4. The number of carbonyl (C=O) groups excluding carboxylic acids is 1. The summed E-state index contributed by atoms with van der Waals surface area (Å²) in [5.41, 5.74) is 2.29. The fraction of sp³-hybridized carbons (Fsp3) is 0.267. The summed E-state index contributed by atoms with van der Waals surface area (Å²) < 4.78 is 53.6. The number of hydrogen-bond acceptors (Lipinski definition) is 7. The lowest BCUT2D eigenvalue weighted by Gasteiger charge is -2.24. The van der Waals surface area contributed by atoms with Gasteiger partial charge in [0.2, 0.25) is 0 Å². The molecule has 0 atom stereocenters. The van der Waals surface area contributed by atoms with Crippen LogP contribution < -0.4 is 10.6 Å². The molecule has 2 N–H and O–H groups in total. The summed E-state index contributed by atoms with van der Waals surface area (Å²) in [7, 11) is 1.64. The Morgan fingerprint density at radius 3 is 2.72 bits per heavy atom. The molecule has 0 aliphatic rings. The highest BCUT2D eigenvalue weighted by atomic mass is 19.4. The highest BCUT2D eigenvalue weighted by molar-refractivity contribution is 6.04. The van der Waals surface area contributed by atoms with Crippen LogP contribution >= 0.6 is 0 Å². The molecule has 0 bridgehead atoms. The molecule has 0 fully saturated rings. The molecule has 5 aromatic rings. The predicted molar refractivity (Wildman–Crippen MR) is 153 cm³/mol. The van der Waals surface area contributed by atoms with Crippen molar-refractivity contribution in [3.05, 3.63) is 89.3 Å². The average molecular weight is 592 g/mol. The van der Waals surface area contributed by atoms with Crippen LogP contribution in [0.1, 0.15) is 46.8 Å². The third-order valence-electron chi connectivity index (χ3n) is 6.87. The second kappa shape index (κ2) is 11.7. The number of benzene rings is 1. The number of nitrogens with zero attached hydrogens (tertiary/aromatic N) is 5. The summed E-state index contributed by atoms with van der Waals surface area (Å²) in [6.45, 7) is 5.00. The number of hydrogen-bond donors (Lipinski definition) is 2. The second-order valence-corrected chi connectivity index (χ2v) is 10.3. The predicted octanol–water partition coefficient (Wildman–Crippen LogP) is 5.71. The van der Waals surface area contributed by atoms with Gasteiger partial charge in [0, 0.05) is 36.7 Å². The number of imidazole rings is 1. The minimum absolute atomic E-state index is 0.122. The third-order valence-corrected chi connectivity index (χ3v) is 6.87. The van der Waals surface area contributed by atoms with Crippen LogP contribution in [0.25, 0.3) is 5.65 Å². The first-order valence-electron chi connectivity index (χ1n) is 13.2. The van der Waals surface area contributed by atoms with Crippen LogP contribution in [-0.2, 0) is 16.7 Å². The van der Waals surface area contributed by atoms with Crippen LogP contribution in [0.5, 0.6) is 0 Å². The van der Waals surface area contributed by atoms with E-state index >= 15 is 0 Å². The number of rotatable bonds is 8. The summed E-state index contributed by atoms with van der Waals surface area (Å²) >= 11 is 0. The third kappa shape index (κ3) is 6.24. The summed E-state index contributed by atoms with van der Waals surface area (Å²) in [5, 5.41) is 13.7. The van der Waals surface area contributed by atoms with Crippen LogP contribution in [0.3, 0.4) is 0 Å². The number of fused-ring (bicyclic) bond motifs is 1. The first-order valence-corrected chi connectivity index (χ1v) is 13.2. The molecule has 13 heteroatoms. The van der Waals surface area contributed by atoms with Crippen LogP contribution in [0, 0.1) is 18.8 Å². The number of nitrogens with one attached hydrogen (secondary N) is 2. The smallest absolute Gasteiger partial charge is 0.383 e. The van der Waals surface area contributed by atoms with Gasteiger partial charge in [-0.2, -0.15) is 18.3 Å². The Bertz CT molecular complexity index is 1840. The molecule has 4 aromatic heterocycles. The maximum atomic E-state index is 13.3. The molecule has 0 radical (unpaired) electrons. The Morgan fingerprint density at radius 2 is 1.95 bits per heavy atom. The molecule has 0 saturated heterocycles. The molecular weight excluding hydrogens is 563 g/mol. The Hall–Kier alpha value is -5.09. The number of methoxy groups -OCH3 is 1. The molecule has 0 aliphatic heterocycles. The summed E-state index contributed by atoms with van der Waals surface area (Å²) in [5.74, 6) is 5.13. The Labute approximate surface area is 244 Å². The van der Waals surface area contributed by atoms with Crippen LogP contribution in [0.2, 0.25) is 0 Å². The van der Waals surface area contributed by atoms with Crippen LogP contribution in [-0.4, -0.2) is 50.1 Å². The standard InChI is InChI=1S/C30H28F3N7O3/c1-19-7-8-21(28(41)37-26-15-25(43-38-26)29(2,3)30(31,32)33)14-20(19)9-10-23-17-34-27-24(6-5-11-40(23)27)36-22-16-35-39(18-22)12-13-42-4/h5-8,11,14-18,36H,12-13H2,1-4H3,(H,37,38,41). The molecule has 5 rings (SSSR count). The summed E-state index contributed by atoms with van der Waals surface area (Å²) in [4.78, 5) is 17.4. The van der Waals surface area contributed by atoms with E-state index in [1.807, 2.05) is 35.9 Å². The van der Waals surface area contributed by atoms with Crippen molar-refractivity contribution in [2.24, 2.45) is 0 Å². The number of pyridine rings is 1. The maximum absolute atomic E-state index is 13.3. The molecule has 0 aliphatic carbocycles. The van der Waals surface area contributed by atoms with E-state index in [0.29, 0.717) is 30.1 Å². The lowest BCUT2D eigenvalue weighted by molar-refractivity contribution is -0.185. The van der Waals surface area contributed by atoms with E-state index in [1.54, 1.807) is 42.4 Å². The molecule has 1 amide bonds. The van der Waals surface area contributed by atoms with Crippen molar-refractivity contribution >= 4 is 28.7 Å². The number of aromatic nitrogens is 5. The molecule has 0 spiro atoms. The number of halogens is 3. The lowest BCUT2D eigenvalue weighted by Crippen LogP contribution is -2.35. The van der Waals surface area contributed by atoms with Crippen molar-refractivity contribution in [2.45, 2.75) is 38.9 Å². The van der Waals surface area contributed by atoms with E-state index in [0.717, 1.165) is 36.9 Å². The van der Waals surface area contributed by atoms with Gasteiger partial charge >= 0.3 is 6.18 Å². The summed E-state index contributed by atoms with van der Waals surface area (Å²) in [6, 6.07) is 9.79. The first-order chi connectivity index (χ1) is 20.5. The number of aryl methyl sites for hydroxylation is 1. The van der Waals surface area contributed by atoms with Gasteiger partial charge in [-0.25, -0.2) is 4.98 Å². The van der Waals surface area contributed by atoms with Crippen molar-refractivity contribution < 1.29 is 27.2 Å². The van der Waals surface area contributed by atoms with Gasteiger partial charge in [0.1, 0.15) is 11.1 Å². The van der Waals surface area contributed by atoms with E-state index in [9.17, 15) is 18.0 Å². The molecule has 222 valence electrons. The molecule has 10 nitrogen and oxygen atoms in total. The second-order valence-electron chi connectivity index (χ2n) is 10.3. The highest BCUT2D eigenvalue weighted by Gasteiger charge is 2.51. The van der Waals surface area contributed by atoms with Crippen LogP contribution in [0.4, 0.5) is 30.4 Å². The largest absolute Gasteiger partial charge is 0.401 e. The fourth-order valence-electron chi connectivity index (χ4n) is 4.08. The minimum atomic E-state index is -4.55. The highest BCUT2D eigenvalue weighted by Crippen LogP contribution is 2.41. The topological polar surface area (TPSA) is 112 Å². The Kier molecular flexibility index (Phi) is 7.97. The van der Waals surface area contributed by atoms with Crippen molar-refractivity contribution in [3.8, 4) is 11.8 Å². The molecule has 43 heavy (non-hydrogen) atoms. The van der Waals surface area contributed by atoms with E-state index in [1.165, 1.54) is 0 Å². The quantitative estimate of drug-likeness (QED) is 0.223. The Morgan fingerprint density at radius 1 is 1.14 bits per heavy atom. The number of anilines is 3. The van der Waals surface area contributed by atoms with E-state index in [-0.39, 0.29) is 11.4 Å². The number of carbonyl (C=O) groups is 1. The van der Waals surface area contributed by atoms with Gasteiger partial charge in [-0.1, -0.05) is 17.1 Å². The molecule has 0 saturated carbocycles. The van der Waals surface area contributed by atoms with Gasteiger partial charge in [-0.15, -0.1) is 0 Å². The van der Waals surface area contributed by atoms with Crippen molar-refractivity contribution in [2.75, 3.05) is 24.4 Å². The zero-order chi connectivity index (χ0) is 30.8. The van der Waals surface area contributed by atoms with E-state index in [4.69, 9.17) is 9.26 Å². The Balaban J connectivity index is 1.33. The lowest BCUT2D eigenvalue weighted by atomic mass is 9.89. The SMILES string of the molecule is COCCn1cc(Nc2cccn3c(C#Cc4cc(C(=O)Nc5cc(C(C)(C)C(F)(F)F)on5)ccc4C)cnc23)cn1. The van der Waals surface area contributed by atoms with Crippen LogP contribution in [0.15, 0.2) is 65.7 Å². The fourth-order valence-corrected chi connectivity index (χ4v) is 4.08.